The zero-order valence-electron chi connectivity index (χ0n) is 12.1. The summed E-state index contributed by atoms with van der Waals surface area (Å²) in [6, 6.07) is 6.38. The first-order valence-corrected chi connectivity index (χ1v) is 16.8. The van der Waals surface area contributed by atoms with Crippen molar-refractivity contribution < 1.29 is 4.43 Å². The second kappa shape index (κ2) is 6.84. The van der Waals surface area contributed by atoms with Crippen LogP contribution in [0.2, 0.25) is 6.04 Å². The highest BCUT2D eigenvalue weighted by molar-refractivity contribution is 7.39. The maximum Gasteiger partial charge on any atom is 0.141 e. The van der Waals surface area contributed by atoms with Crippen molar-refractivity contribution in [1.82, 2.24) is 0 Å². The number of aryl methyl sites for hydroxylation is 1. The summed E-state index contributed by atoms with van der Waals surface area (Å²) in [6.45, 7) is 8.07. The smallest absolute Gasteiger partial charge is 0.141 e. The van der Waals surface area contributed by atoms with Gasteiger partial charge in [-0.3, -0.25) is 0 Å². The number of hydrogen-bond donors (Lipinski definition) is 0. The molecule has 0 N–H and O–H groups in total. The molecule has 1 atom stereocenters. The van der Waals surface area contributed by atoms with Crippen LogP contribution in [-0.2, 0) is 23.7 Å². The first-order valence-electron chi connectivity index (χ1n) is 7.53. The van der Waals surface area contributed by atoms with Gasteiger partial charge in [0.25, 0.3) is 0 Å². The van der Waals surface area contributed by atoms with Gasteiger partial charge in [-0.15, -0.1) is 0 Å². The molecule has 18 heavy (non-hydrogen) atoms. The third-order valence-corrected chi connectivity index (χ3v) is 22.8. The summed E-state index contributed by atoms with van der Waals surface area (Å²) in [5, 5.41) is 1.84. The molecule has 2 rings (SSSR count). The van der Waals surface area contributed by atoms with Crippen molar-refractivity contribution in [2.45, 2.75) is 46.1 Å². The van der Waals surface area contributed by atoms with Gasteiger partial charge in [0.15, 0.2) is 0 Å². The Morgan fingerprint density at radius 2 is 1.89 bits per heavy atom. The van der Waals surface area contributed by atoms with Crippen LogP contribution in [0.3, 0.4) is 0 Å². The molecular formula is C14H26OSi3. The van der Waals surface area contributed by atoms with E-state index in [1.807, 2.05) is 5.19 Å². The molecule has 1 aromatic carbocycles. The SMILES string of the molecule is CCc1ccc([SiH]2CCO[SiH2][SiH2]2)c(CC)c1CC. The molecule has 0 spiro atoms. The zero-order valence-corrected chi connectivity index (χ0v) is 16.1. The Morgan fingerprint density at radius 1 is 1.11 bits per heavy atom. The van der Waals surface area contributed by atoms with Crippen molar-refractivity contribution in [3.8, 4) is 0 Å². The topological polar surface area (TPSA) is 9.23 Å². The average Bonchev–Trinajstić information content (AvgIpc) is 2.46. The summed E-state index contributed by atoms with van der Waals surface area (Å²) < 4.78 is 5.73. The second-order valence-electron chi connectivity index (χ2n) is 5.22. The van der Waals surface area contributed by atoms with Crippen LogP contribution in [0.25, 0.3) is 0 Å². The fraction of sp³-hybridized carbons (Fsp3) is 0.571. The van der Waals surface area contributed by atoms with Crippen LogP contribution < -0.4 is 5.19 Å². The summed E-state index contributed by atoms with van der Waals surface area (Å²) in [7, 11) is -0.372. The van der Waals surface area contributed by atoms with E-state index in [-0.39, 0.29) is 17.8 Å². The molecule has 1 unspecified atom stereocenters. The Kier molecular flexibility index (Phi) is 5.41. The Hall–Kier alpha value is -0.169. The van der Waals surface area contributed by atoms with Gasteiger partial charge in [-0.25, -0.2) is 0 Å². The fourth-order valence-electron chi connectivity index (χ4n) is 3.34. The van der Waals surface area contributed by atoms with Crippen LogP contribution in [0.15, 0.2) is 12.1 Å². The lowest BCUT2D eigenvalue weighted by Gasteiger charge is -2.25. The van der Waals surface area contributed by atoms with Gasteiger partial charge in [-0.2, -0.15) is 0 Å². The van der Waals surface area contributed by atoms with Crippen LogP contribution in [-0.4, -0.2) is 32.8 Å². The number of benzene rings is 1. The minimum Gasteiger partial charge on any atom is -0.428 e. The minimum atomic E-state index is -0.540. The molecule has 0 aliphatic carbocycles. The molecule has 0 saturated carbocycles. The number of hydrogen-bond acceptors (Lipinski definition) is 1. The van der Waals surface area contributed by atoms with Gasteiger partial charge in [-0.05, 0) is 42.0 Å². The Labute approximate surface area is 117 Å². The predicted octanol–water partition coefficient (Wildman–Crippen LogP) is 0.502. The van der Waals surface area contributed by atoms with Gasteiger partial charge >= 0.3 is 0 Å². The standard InChI is InChI=1S/C14H26OSi3/c1-4-11-7-8-14(13(6-3)12(11)5-2)18-10-9-15-16-17-18/h7-8,18H,4-6,9-10,16-17H2,1-3H3. The van der Waals surface area contributed by atoms with E-state index in [9.17, 15) is 0 Å². The molecule has 0 amide bonds. The van der Waals surface area contributed by atoms with Crippen molar-refractivity contribution in [1.29, 1.82) is 0 Å². The summed E-state index contributed by atoms with van der Waals surface area (Å²) in [5.74, 6) is 0. The van der Waals surface area contributed by atoms with Gasteiger partial charge < -0.3 is 4.43 Å². The van der Waals surface area contributed by atoms with Crippen LogP contribution in [0, 0.1) is 0 Å². The third kappa shape index (κ3) is 2.87. The molecule has 0 radical (unpaired) electrons. The van der Waals surface area contributed by atoms with Gasteiger partial charge in [-0.1, -0.05) is 38.1 Å². The molecule has 1 heterocycles. The molecule has 4 heteroatoms. The highest BCUT2D eigenvalue weighted by atomic mass is 29.5. The molecular weight excluding hydrogens is 268 g/mol. The normalized spacial score (nSPS) is 22.7. The van der Waals surface area contributed by atoms with Crippen LogP contribution in [0.1, 0.15) is 37.5 Å². The molecule has 0 aromatic heterocycles. The van der Waals surface area contributed by atoms with E-state index in [1.165, 1.54) is 25.3 Å². The first kappa shape index (κ1) is 14.2. The van der Waals surface area contributed by atoms with Crippen LogP contribution >= 0.6 is 0 Å². The summed E-state index contributed by atoms with van der Waals surface area (Å²) in [6.07, 6.45) is 3.65. The highest BCUT2D eigenvalue weighted by Gasteiger charge is 2.22. The minimum absolute atomic E-state index is 0.0393. The van der Waals surface area contributed by atoms with Crippen molar-refractivity contribution in [2.75, 3.05) is 6.61 Å². The summed E-state index contributed by atoms with van der Waals surface area (Å²) >= 11 is 0. The largest absolute Gasteiger partial charge is 0.428 e. The lowest BCUT2D eigenvalue weighted by molar-refractivity contribution is 0.367. The second-order valence-corrected chi connectivity index (χ2v) is 20.3. The molecule has 1 nitrogen and oxygen atoms in total. The summed E-state index contributed by atoms with van der Waals surface area (Å²) in [4.78, 5) is 0. The lowest BCUT2D eigenvalue weighted by atomic mass is 9.95. The van der Waals surface area contributed by atoms with Crippen molar-refractivity contribution in [3.63, 3.8) is 0 Å². The molecule has 1 fully saturated rings. The Morgan fingerprint density at radius 3 is 2.44 bits per heavy atom. The van der Waals surface area contributed by atoms with Crippen molar-refractivity contribution in [2.24, 2.45) is 0 Å². The Bertz CT molecular complexity index is 400. The monoisotopic (exact) mass is 294 g/mol. The maximum atomic E-state index is 5.73. The van der Waals surface area contributed by atoms with E-state index in [0.29, 0.717) is 0 Å². The van der Waals surface area contributed by atoms with Gasteiger partial charge in [0.2, 0.25) is 0 Å². The highest BCUT2D eigenvalue weighted by Crippen LogP contribution is 2.17. The average molecular weight is 295 g/mol. The van der Waals surface area contributed by atoms with Gasteiger partial charge in [0, 0.05) is 15.2 Å². The Balaban J connectivity index is 2.40. The zero-order chi connectivity index (χ0) is 13.0. The molecule has 0 bridgehead atoms. The number of rotatable bonds is 4. The van der Waals surface area contributed by atoms with E-state index in [4.69, 9.17) is 4.43 Å². The van der Waals surface area contributed by atoms with E-state index >= 15 is 0 Å². The first-order chi connectivity index (χ1) is 8.81. The van der Waals surface area contributed by atoms with E-state index in [0.717, 1.165) is 6.61 Å². The van der Waals surface area contributed by atoms with E-state index in [2.05, 4.69) is 32.9 Å². The molecule has 100 valence electrons. The predicted molar refractivity (Wildman–Crippen MR) is 89.2 cm³/mol. The third-order valence-electron chi connectivity index (χ3n) is 4.31. The van der Waals surface area contributed by atoms with Crippen molar-refractivity contribution >= 4 is 31.3 Å². The maximum absolute atomic E-state index is 5.73. The fourth-order valence-corrected chi connectivity index (χ4v) is 22.0. The van der Waals surface area contributed by atoms with Crippen LogP contribution in [0.4, 0.5) is 0 Å². The van der Waals surface area contributed by atoms with Gasteiger partial charge in [0.05, 0.1) is 8.31 Å². The van der Waals surface area contributed by atoms with Gasteiger partial charge in [0.1, 0.15) is 9.28 Å². The molecule has 1 aliphatic heterocycles. The quantitative estimate of drug-likeness (QED) is 0.735. The molecule has 1 saturated heterocycles. The van der Waals surface area contributed by atoms with Crippen LogP contribution in [0.5, 0.6) is 0 Å². The molecule has 1 aliphatic rings. The molecule has 1 aromatic rings. The van der Waals surface area contributed by atoms with Crippen molar-refractivity contribution in [3.05, 3.63) is 28.8 Å². The summed E-state index contributed by atoms with van der Waals surface area (Å²) in [5.41, 5.74) is 5.03. The van der Waals surface area contributed by atoms with E-state index in [1.54, 1.807) is 16.7 Å². The van der Waals surface area contributed by atoms with E-state index < -0.39 is 8.31 Å². The lowest BCUT2D eigenvalue weighted by Crippen LogP contribution is -2.46.